The molecule has 4 heteroatoms. The fraction of sp³-hybridized carbons (Fsp3) is 0.588. The van der Waals surface area contributed by atoms with Crippen LogP contribution in [0.5, 0.6) is 5.75 Å². The number of amides is 1. The molecule has 0 spiro atoms. The molecule has 1 saturated carbocycles. The van der Waals surface area contributed by atoms with Crippen LogP contribution in [0.1, 0.15) is 43.0 Å². The van der Waals surface area contributed by atoms with Crippen molar-refractivity contribution in [2.45, 2.75) is 38.7 Å². The van der Waals surface area contributed by atoms with Gasteiger partial charge in [0, 0.05) is 12.1 Å². The lowest BCUT2D eigenvalue weighted by molar-refractivity contribution is -0.00293. The molecule has 4 nitrogen and oxygen atoms in total. The number of carbonyl (C=O) groups excluding carboxylic acids is 1. The summed E-state index contributed by atoms with van der Waals surface area (Å²) in [5, 5.41) is 2.89. The molecule has 1 aliphatic rings. The molecule has 2 unspecified atom stereocenters. The van der Waals surface area contributed by atoms with Gasteiger partial charge in [0.1, 0.15) is 5.75 Å². The van der Waals surface area contributed by atoms with Gasteiger partial charge in [0.25, 0.3) is 5.91 Å². The Hall–Kier alpha value is -1.55. The van der Waals surface area contributed by atoms with E-state index >= 15 is 0 Å². The van der Waals surface area contributed by atoms with Crippen LogP contribution in [0.4, 0.5) is 0 Å². The van der Waals surface area contributed by atoms with E-state index in [1.54, 1.807) is 31.4 Å². The molecule has 2 atom stereocenters. The Morgan fingerprint density at radius 1 is 1.24 bits per heavy atom. The molecule has 116 valence electrons. The topological polar surface area (TPSA) is 47.6 Å². The summed E-state index contributed by atoms with van der Waals surface area (Å²) < 4.78 is 11.0. The van der Waals surface area contributed by atoms with E-state index in [4.69, 9.17) is 9.47 Å². The Morgan fingerprint density at radius 3 is 2.62 bits per heavy atom. The van der Waals surface area contributed by atoms with E-state index in [0.29, 0.717) is 30.7 Å². The number of benzene rings is 1. The molecule has 1 N–H and O–H groups in total. The van der Waals surface area contributed by atoms with Crippen LogP contribution in [0, 0.1) is 5.92 Å². The summed E-state index contributed by atoms with van der Waals surface area (Å²) in [6, 6.07) is 7.10. The molecule has 1 aromatic rings. The monoisotopic (exact) mass is 291 g/mol. The minimum Gasteiger partial charge on any atom is -0.497 e. The predicted octanol–water partition coefficient (Wildman–Crippen LogP) is 3.02. The largest absolute Gasteiger partial charge is 0.497 e. The van der Waals surface area contributed by atoms with Gasteiger partial charge in [-0.3, -0.25) is 4.79 Å². The van der Waals surface area contributed by atoms with Crippen molar-refractivity contribution in [3.05, 3.63) is 29.8 Å². The summed E-state index contributed by atoms with van der Waals surface area (Å²) in [7, 11) is 1.61. The maximum Gasteiger partial charge on any atom is 0.251 e. The number of carbonyl (C=O) groups is 1. The normalized spacial score (nSPS) is 21.8. The number of nitrogens with one attached hydrogen (secondary N) is 1. The fourth-order valence-corrected chi connectivity index (χ4v) is 2.75. The van der Waals surface area contributed by atoms with E-state index in [2.05, 4.69) is 12.2 Å². The lowest BCUT2D eigenvalue weighted by Crippen LogP contribution is -2.31. The predicted molar refractivity (Wildman–Crippen MR) is 82.7 cm³/mol. The van der Waals surface area contributed by atoms with Crippen molar-refractivity contribution in [1.29, 1.82) is 0 Å². The molecule has 0 aromatic heterocycles. The Bertz CT molecular complexity index is 444. The molecule has 1 fully saturated rings. The summed E-state index contributed by atoms with van der Waals surface area (Å²) in [6.07, 6.45) is 5.33. The zero-order valence-electron chi connectivity index (χ0n) is 12.9. The minimum atomic E-state index is -0.0713. The van der Waals surface area contributed by atoms with Crippen molar-refractivity contribution in [2.75, 3.05) is 20.3 Å². The van der Waals surface area contributed by atoms with Crippen molar-refractivity contribution in [3.63, 3.8) is 0 Å². The molecule has 0 aliphatic heterocycles. The van der Waals surface area contributed by atoms with Gasteiger partial charge in [-0.05, 0) is 43.0 Å². The van der Waals surface area contributed by atoms with Crippen molar-refractivity contribution >= 4 is 5.91 Å². The second-order valence-electron chi connectivity index (χ2n) is 5.66. The molecule has 1 amide bonds. The number of rotatable bonds is 6. The lowest BCUT2D eigenvalue weighted by atomic mass is 9.88. The molecule has 21 heavy (non-hydrogen) atoms. The number of hydrogen-bond acceptors (Lipinski definition) is 3. The van der Waals surface area contributed by atoms with Gasteiger partial charge < -0.3 is 14.8 Å². The second-order valence-corrected chi connectivity index (χ2v) is 5.66. The van der Waals surface area contributed by atoms with Gasteiger partial charge in [-0.2, -0.15) is 0 Å². The standard InChI is InChI=1S/C17H25NO3/c1-13-5-3-4-6-16(13)21-12-11-18-17(19)14-7-9-15(20-2)10-8-14/h7-10,13,16H,3-6,11-12H2,1-2H3,(H,18,19). The van der Waals surface area contributed by atoms with Gasteiger partial charge in [0.05, 0.1) is 19.8 Å². The average Bonchev–Trinajstić information content (AvgIpc) is 2.53. The molecule has 1 aliphatic carbocycles. The second kappa shape index (κ2) is 8.03. The Morgan fingerprint density at radius 2 is 1.95 bits per heavy atom. The van der Waals surface area contributed by atoms with Crippen LogP contribution in [-0.2, 0) is 4.74 Å². The van der Waals surface area contributed by atoms with E-state index in [9.17, 15) is 4.79 Å². The molecule has 0 bridgehead atoms. The summed E-state index contributed by atoms with van der Waals surface area (Å²) in [6.45, 7) is 3.38. The van der Waals surface area contributed by atoms with Crippen molar-refractivity contribution in [1.82, 2.24) is 5.32 Å². The van der Waals surface area contributed by atoms with Crippen LogP contribution in [0.2, 0.25) is 0 Å². The molecule has 0 heterocycles. The summed E-state index contributed by atoms with van der Waals surface area (Å²) in [5.74, 6) is 1.31. The molecule has 0 radical (unpaired) electrons. The third kappa shape index (κ3) is 4.74. The highest BCUT2D eigenvalue weighted by atomic mass is 16.5. The summed E-state index contributed by atoms with van der Waals surface area (Å²) >= 11 is 0. The molecule has 0 saturated heterocycles. The van der Waals surface area contributed by atoms with Gasteiger partial charge in [0.15, 0.2) is 0 Å². The van der Waals surface area contributed by atoms with Gasteiger partial charge >= 0.3 is 0 Å². The highest BCUT2D eigenvalue weighted by molar-refractivity contribution is 5.94. The van der Waals surface area contributed by atoms with Crippen LogP contribution in [0.3, 0.4) is 0 Å². The third-order valence-electron chi connectivity index (χ3n) is 4.10. The van der Waals surface area contributed by atoms with Crippen LogP contribution >= 0.6 is 0 Å². The van der Waals surface area contributed by atoms with E-state index < -0.39 is 0 Å². The highest BCUT2D eigenvalue weighted by Gasteiger charge is 2.21. The van der Waals surface area contributed by atoms with E-state index in [1.807, 2.05) is 0 Å². The van der Waals surface area contributed by atoms with Crippen LogP contribution in [0.15, 0.2) is 24.3 Å². The zero-order chi connectivity index (χ0) is 15.1. The summed E-state index contributed by atoms with van der Waals surface area (Å²) in [4.78, 5) is 12.0. The Balaban J connectivity index is 1.68. The van der Waals surface area contributed by atoms with Crippen LogP contribution in [-0.4, -0.2) is 32.3 Å². The zero-order valence-corrected chi connectivity index (χ0v) is 12.9. The van der Waals surface area contributed by atoms with E-state index in [1.165, 1.54) is 19.3 Å². The first kappa shape index (κ1) is 15.8. The van der Waals surface area contributed by atoms with Gasteiger partial charge in [0.2, 0.25) is 0 Å². The third-order valence-corrected chi connectivity index (χ3v) is 4.10. The first-order valence-electron chi connectivity index (χ1n) is 7.74. The smallest absolute Gasteiger partial charge is 0.251 e. The lowest BCUT2D eigenvalue weighted by Gasteiger charge is -2.28. The van der Waals surface area contributed by atoms with Crippen LogP contribution in [0.25, 0.3) is 0 Å². The van der Waals surface area contributed by atoms with Gasteiger partial charge in [-0.1, -0.05) is 19.8 Å². The maximum atomic E-state index is 12.0. The molecular formula is C17H25NO3. The van der Waals surface area contributed by atoms with Gasteiger partial charge in [-0.15, -0.1) is 0 Å². The van der Waals surface area contributed by atoms with E-state index in [0.717, 1.165) is 12.2 Å². The summed E-state index contributed by atoms with van der Waals surface area (Å²) in [5.41, 5.74) is 0.641. The number of ether oxygens (including phenoxy) is 2. The van der Waals surface area contributed by atoms with Crippen LogP contribution < -0.4 is 10.1 Å². The molecule has 1 aromatic carbocycles. The molecule has 2 rings (SSSR count). The Labute approximate surface area is 126 Å². The SMILES string of the molecule is COc1ccc(C(=O)NCCOC2CCCCC2C)cc1. The van der Waals surface area contributed by atoms with E-state index in [-0.39, 0.29) is 5.91 Å². The maximum absolute atomic E-state index is 12.0. The first-order chi connectivity index (χ1) is 10.2. The van der Waals surface area contributed by atoms with Crippen molar-refractivity contribution in [3.8, 4) is 5.75 Å². The van der Waals surface area contributed by atoms with Crippen molar-refractivity contribution < 1.29 is 14.3 Å². The minimum absolute atomic E-state index is 0.0713. The number of methoxy groups -OCH3 is 1. The number of hydrogen-bond donors (Lipinski definition) is 1. The average molecular weight is 291 g/mol. The van der Waals surface area contributed by atoms with Gasteiger partial charge in [-0.25, -0.2) is 0 Å². The fourth-order valence-electron chi connectivity index (χ4n) is 2.75. The van der Waals surface area contributed by atoms with Crippen molar-refractivity contribution in [2.24, 2.45) is 5.92 Å². The quantitative estimate of drug-likeness (QED) is 0.820. The molecular weight excluding hydrogens is 266 g/mol. The Kier molecular flexibility index (Phi) is 6.05. The highest BCUT2D eigenvalue weighted by Crippen LogP contribution is 2.25. The first-order valence-corrected chi connectivity index (χ1v) is 7.74.